The highest BCUT2D eigenvalue weighted by Gasteiger charge is 2.28. The molecule has 1 amide bonds. The molecule has 1 aliphatic carbocycles. The zero-order chi connectivity index (χ0) is 21.5. The van der Waals surface area contributed by atoms with Gasteiger partial charge in [0.25, 0.3) is 5.91 Å². The molecule has 2 aromatic rings. The Hall–Kier alpha value is -3.20. The molecule has 0 fully saturated rings. The number of ether oxygens (including phenoxy) is 3. The van der Waals surface area contributed by atoms with E-state index in [-0.39, 0.29) is 13.2 Å². The molecule has 0 atom stereocenters. The number of carbonyl (C=O) groups excluding carboxylic acids is 4. The van der Waals surface area contributed by atoms with Crippen molar-refractivity contribution in [1.82, 2.24) is 0 Å². The third kappa shape index (κ3) is 5.24. The zero-order valence-electron chi connectivity index (χ0n) is 16.4. The van der Waals surface area contributed by atoms with Gasteiger partial charge in [0, 0.05) is 10.4 Å². The fourth-order valence-corrected chi connectivity index (χ4v) is 4.34. The maximum Gasteiger partial charge on any atom is 0.344 e. The molecule has 3 rings (SSSR count). The van der Waals surface area contributed by atoms with E-state index in [1.807, 2.05) is 0 Å². The monoisotopic (exact) mass is 431 g/mol. The van der Waals surface area contributed by atoms with Gasteiger partial charge in [-0.2, -0.15) is 0 Å². The lowest BCUT2D eigenvalue weighted by Gasteiger charge is -2.09. The minimum Gasteiger partial charge on any atom is -0.482 e. The molecule has 1 aromatic carbocycles. The molecule has 1 aromatic heterocycles. The summed E-state index contributed by atoms with van der Waals surface area (Å²) in [6, 6.07) is 6.22. The summed E-state index contributed by atoms with van der Waals surface area (Å²) in [7, 11) is 0. The molecule has 30 heavy (non-hydrogen) atoms. The second-order valence-corrected chi connectivity index (χ2v) is 7.57. The normalized spacial score (nSPS) is 12.0. The topological polar surface area (TPSA) is 108 Å². The first-order chi connectivity index (χ1) is 14.5. The number of anilines is 1. The van der Waals surface area contributed by atoms with Crippen LogP contribution in [-0.4, -0.2) is 44.0 Å². The first kappa shape index (κ1) is 21.5. The van der Waals surface area contributed by atoms with Crippen LogP contribution in [0.25, 0.3) is 0 Å². The molecule has 1 heterocycles. The molecule has 1 N–H and O–H groups in total. The van der Waals surface area contributed by atoms with Crippen molar-refractivity contribution >= 4 is 40.5 Å². The van der Waals surface area contributed by atoms with E-state index in [1.165, 1.54) is 11.3 Å². The van der Waals surface area contributed by atoms with Crippen molar-refractivity contribution in [3.63, 3.8) is 0 Å². The lowest BCUT2D eigenvalue weighted by molar-refractivity contribution is -0.149. The number of aldehydes is 1. The Labute approximate surface area is 177 Å². The zero-order valence-corrected chi connectivity index (χ0v) is 17.2. The predicted octanol–water partition coefficient (Wildman–Crippen LogP) is 2.79. The van der Waals surface area contributed by atoms with Crippen LogP contribution in [0.4, 0.5) is 5.00 Å². The lowest BCUT2D eigenvalue weighted by atomic mass is 10.1. The molecule has 9 heteroatoms. The summed E-state index contributed by atoms with van der Waals surface area (Å²) in [4.78, 5) is 48.0. The van der Waals surface area contributed by atoms with Crippen molar-refractivity contribution in [3.8, 4) is 5.75 Å². The Balaban J connectivity index is 1.51. The van der Waals surface area contributed by atoms with E-state index in [9.17, 15) is 19.2 Å². The first-order valence-corrected chi connectivity index (χ1v) is 10.3. The summed E-state index contributed by atoms with van der Waals surface area (Å²) in [6.07, 6.45) is 3.31. The van der Waals surface area contributed by atoms with Gasteiger partial charge in [-0.3, -0.25) is 9.59 Å². The van der Waals surface area contributed by atoms with Gasteiger partial charge < -0.3 is 19.5 Å². The van der Waals surface area contributed by atoms with E-state index in [4.69, 9.17) is 14.2 Å². The SMILES string of the molecule is CCOC(=O)c1c(NC(=O)COC(=O)COc2ccc(C=O)cc2)sc2c1CCC2. The molecular formula is C21H21NO7S. The van der Waals surface area contributed by atoms with Crippen LogP contribution in [0.1, 0.15) is 44.5 Å². The summed E-state index contributed by atoms with van der Waals surface area (Å²) in [5.74, 6) is -1.33. The number of thiophene rings is 1. The third-order valence-corrected chi connectivity index (χ3v) is 5.60. The predicted molar refractivity (Wildman–Crippen MR) is 109 cm³/mol. The molecule has 158 valence electrons. The van der Waals surface area contributed by atoms with Crippen LogP contribution in [0.5, 0.6) is 5.75 Å². The summed E-state index contributed by atoms with van der Waals surface area (Å²) >= 11 is 1.35. The summed E-state index contributed by atoms with van der Waals surface area (Å²) in [5.41, 5.74) is 1.82. The molecular weight excluding hydrogens is 410 g/mol. The molecule has 8 nitrogen and oxygen atoms in total. The average Bonchev–Trinajstić information content (AvgIpc) is 3.32. The third-order valence-electron chi connectivity index (χ3n) is 4.39. The number of hydrogen-bond donors (Lipinski definition) is 1. The van der Waals surface area contributed by atoms with Crippen LogP contribution < -0.4 is 10.1 Å². The number of fused-ring (bicyclic) bond motifs is 1. The fraction of sp³-hybridized carbons (Fsp3) is 0.333. The highest BCUT2D eigenvalue weighted by atomic mass is 32.1. The number of rotatable bonds is 9. The molecule has 0 aliphatic heterocycles. The smallest absolute Gasteiger partial charge is 0.344 e. The number of benzene rings is 1. The van der Waals surface area contributed by atoms with Gasteiger partial charge in [0.2, 0.25) is 0 Å². The maximum atomic E-state index is 12.3. The number of aryl methyl sites for hydroxylation is 1. The van der Waals surface area contributed by atoms with E-state index in [1.54, 1.807) is 31.2 Å². The molecule has 1 aliphatic rings. The van der Waals surface area contributed by atoms with Crippen molar-refractivity contribution in [2.75, 3.05) is 25.1 Å². The van der Waals surface area contributed by atoms with Crippen LogP contribution in [0.3, 0.4) is 0 Å². The molecule has 0 spiro atoms. The second kappa shape index (κ2) is 10.0. The van der Waals surface area contributed by atoms with Crippen molar-refractivity contribution in [2.24, 2.45) is 0 Å². The molecule has 0 bridgehead atoms. The standard InChI is InChI=1S/C21H21NO7S/c1-2-27-21(26)19-15-4-3-5-16(15)30-20(19)22-17(24)11-29-18(25)12-28-14-8-6-13(10-23)7-9-14/h6-10H,2-5,11-12H2,1H3,(H,22,24). The number of esters is 2. The van der Waals surface area contributed by atoms with Gasteiger partial charge in [0.1, 0.15) is 17.0 Å². The Kier molecular flexibility index (Phi) is 7.18. The molecule has 0 saturated heterocycles. The van der Waals surface area contributed by atoms with Gasteiger partial charge >= 0.3 is 11.9 Å². The Bertz CT molecular complexity index is 949. The van der Waals surface area contributed by atoms with Crippen molar-refractivity contribution in [2.45, 2.75) is 26.2 Å². The van der Waals surface area contributed by atoms with Crippen molar-refractivity contribution < 1.29 is 33.4 Å². The average molecular weight is 431 g/mol. The lowest BCUT2D eigenvalue weighted by Crippen LogP contribution is -2.24. The van der Waals surface area contributed by atoms with Gasteiger partial charge in [0.05, 0.1) is 12.2 Å². The van der Waals surface area contributed by atoms with Gasteiger partial charge in [0.15, 0.2) is 13.2 Å². The molecule has 0 unspecified atom stereocenters. The van der Waals surface area contributed by atoms with Gasteiger partial charge in [-0.25, -0.2) is 9.59 Å². The summed E-state index contributed by atoms with van der Waals surface area (Å²) in [6.45, 7) is 1.08. The van der Waals surface area contributed by atoms with Gasteiger partial charge in [-0.05, 0) is 56.0 Å². The van der Waals surface area contributed by atoms with Crippen LogP contribution >= 0.6 is 11.3 Å². The quantitative estimate of drug-likeness (QED) is 0.480. The number of hydrogen-bond acceptors (Lipinski definition) is 8. The largest absolute Gasteiger partial charge is 0.482 e. The Morgan fingerprint density at radius 1 is 1.10 bits per heavy atom. The van der Waals surface area contributed by atoms with E-state index in [0.29, 0.717) is 28.2 Å². The minimum atomic E-state index is -0.719. The van der Waals surface area contributed by atoms with Crippen LogP contribution in [0.15, 0.2) is 24.3 Å². The van der Waals surface area contributed by atoms with Crippen molar-refractivity contribution in [1.29, 1.82) is 0 Å². The fourth-order valence-electron chi connectivity index (χ4n) is 3.05. The molecule has 0 radical (unpaired) electrons. The first-order valence-electron chi connectivity index (χ1n) is 9.47. The number of nitrogens with one attached hydrogen (secondary N) is 1. The van der Waals surface area contributed by atoms with Gasteiger partial charge in [-0.15, -0.1) is 11.3 Å². The number of amides is 1. The van der Waals surface area contributed by atoms with Crippen LogP contribution in [-0.2, 0) is 31.9 Å². The van der Waals surface area contributed by atoms with Gasteiger partial charge in [-0.1, -0.05) is 0 Å². The molecule has 0 saturated carbocycles. The van der Waals surface area contributed by atoms with Crippen molar-refractivity contribution in [3.05, 3.63) is 45.8 Å². The highest BCUT2D eigenvalue weighted by Crippen LogP contribution is 2.39. The van der Waals surface area contributed by atoms with E-state index >= 15 is 0 Å². The Morgan fingerprint density at radius 2 is 1.87 bits per heavy atom. The van der Waals surface area contributed by atoms with Crippen LogP contribution in [0.2, 0.25) is 0 Å². The van der Waals surface area contributed by atoms with Crippen LogP contribution in [0, 0.1) is 0 Å². The summed E-state index contributed by atoms with van der Waals surface area (Å²) < 4.78 is 15.3. The second-order valence-electron chi connectivity index (χ2n) is 6.47. The maximum absolute atomic E-state index is 12.3. The van der Waals surface area contributed by atoms with E-state index in [2.05, 4.69) is 5.32 Å². The Morgan fingerprint density at radius 3 is 2.57 bits per heavy atom. The number of carbonyl (C=O) groups is 4. The van der Waals surface area contributed by atoms with E-state index < -0.39 is 24.5 Å². The van der Waals surface area contributed by atoms with E-state index in [0.717, 1.165) is 29.7 Å². The highest BCUT2D eigenvalue weighted by molar-refractivity contribution is 7.17. The minimum absolute atomic E-state index is 0.242. The summed E-state index contributed by atoms with van der Waals surface area (Å²) in [5, 5.41) is 3.07.